The summed E-state index contributed by atoms with van der Waals surface area (Å²) >= 11 is 10.7. The summed E-state index contributed by atoms with van der Waals surface area (Å²) in [6, 6.07) is 82.2. The molecule has 0 N–H and O–H groups in total. The minimum atomic E-state index is -0.399. The predicted molar refractivity (Wildman–Crippen MR) is 565 cm³/mol. The van der Waals surface area contributed by atoms with E-state index in [-0.39, 0.29) is 61.9 Å². The van der Waals surface area contributed by atoms with Crippen LogP contribution in [-0.4, -0.2) is 18.1 Å². The van der Waals surface area contributed by atoms with Crippen LogP contribution in [0.5, 0.6) is 0 Å². The van der Waals surface area contributed by atoms with Gasteiger partial charge >= 0.3 is 0.282 Å². The van der Waals surface area contributed by atoms with Gasteiger partial charge < -0.3 is 29.4 Å². The normalized spacial score (nSPS) is 19.0. The van der Waals surface area contributed by atoms with Gasteiger partial charge in [-0.3, -0.25) is 0 Å². The standard InChI is InChI=1S/C55H54BF2N3S.C55H57F2N3S.BI3/c1-33-30-44-48-45(31-33)61-50-38(56(48)51-49(37-32-35(53(5,6)7)22-27-46(37)62-51)59(44)36-23-20-34(21-24-36)52(2,3)4)25-26-43(47(50)54(8)28-14-15-29-55(54,61)9)60(41-18-12-10-16-39(41)57)42-19-13-11-17-40(42)58;1-36-31-40(58(39-26-23-37(24-27-39)52(2,3)4)49-35-61-50-28-25-38(33-42(49)50)53(5,6)7)34-41(32-36)60-48-22-16-21-47(51(48)54(8)29-14-15-30-55(54,60)9)59(45-19-12-10-17-43(45)56)46-20-13-11-18-44(46)57;2-1(3)4/h10-13,16-27,30-32H,14-15,28-29H2,1-9H3;10-13,16-28,31-35H,14-15,29-30H2,1-9H3;. The molecule has 17 heteroatoms. The van der Waals surface area contributed by atoms with E-state index in [0.29, 0.717) is 22.7 Å². The van der Waals surface area contributed by atoms with E-state index in [9.17, 15) is 0 Å². The second-order valence-electron chi connectivity index (χ2n) is 40.9. The van der Waals surface area contributed by atoms with Gasteiger partial charge in [-0.15, -0.1) is 89.8 Å². The number of hydrogen-bond donors (Lipinski definition) is 0. The first-order valence-electron chi connectivity index (χ1n) is 44.8. The van der Waals surface area contributed by atoms with E-state index in [2.05, 4.69) is 362 Å². The number of aryl methyl sites for hydroxylation is 2. The third kappa shape index (κ3) is 15.1. The van der Waals surface area contributed by atoms with Crippen molar-refractivity contribution >= 4 is 224 Å². The summed E-state index contributed by atoms with van der Waals surface area (Å²) in [5, 5.41) is 4.83. The quantitative estimate of drug-likeness (QED) is 0.0725. The maximum atomic E-state index is 16.3. The van der Waals surface area contributed by atoms with E-state index in [0.717, 1.165) is 108 Å². The first-order chi connectivity index (χ1) is 60.2. The maximum Gasteiger partial charge on any atom is 0.355 e. The summed E-state index contributed by atoms with van der Waals surface area (Å²) in [5.41, 5.74) is 25.9. The van der Waals surface area contributed by atoms with Gasteiger partial charge in [0.25, 0.3) is 6.71 Å². The molecule has 14 aromatic rings. The van der Waals surface area contributed by atoms with Crippen molar-refractivity contribution < 1.29 is 17.6 Å². The van der Waals surface area contributed by atoms with Crippen molar-refractivity contribution in [3.63, 3.8) is 0 Å². The zero-order chi connectivity index (χ0) is 89.9. The lowest BCUT2D eigenvalue weighted by Crippen LogP contribution is -2.64. The highest BCUT2D eigenvalue weighted by molar-refractivity contribution is 14.4. The fraction of sp³-hybridized carbons (Fsp3) is 0.309. The molecule has 2 saturated carbocycles. The lowest BCUT2D eigenvalue weighted by atomic mass is 9.36. The Morgan fingerprint density at radius 3 is 1.34 bits per heavy atom. The van der Waals surface area contributed by atoms with Crippen molar-refractivity contribution in [3.05, 3.63) is 316 Å². The van der Waals surface area contributed by atoms with Crippen LogP contribution in [0.15, 0.2) is 248 Å². The molecule has 6 nitrogen and oxygen atoms in total. The summed E-state index contributed by atoms with van der Waals surface area (Å²) in [4.78, 5) is 14.0. The third-order valence-electron chi connectivity index (χ3n) is 28.8. The minimum absolute atomic E-state index is 0.00131. The molecule has 6 heterocycles. The first kappa shape index (κ1) is 89.0. The molecule has 4 aliphatic heterocycles. The van der Waals surface area contributed by atoms with Gasteiger partial charge in [0.05, 0.1) is 56.6 Å². The summed E-state index contributed by atoms with van der Waals surface area (Å²) in [6.07, 6.45) is 8.28. The molecule has 2 aromatic heterocycles. The van der Waals surface area contributed by atoms with Gasteiger partial charge in [-0.25, -0.2) is 17.6 Å². The number of anilines is 16. The predicted octanol–water partition coefficient (Wildman–Crippen LogP) is 32.9. The highest BCUT2D eigenvalue weighted by Gasteiger charge is 2.64. The van der Waals surface area contributed by atoms with Crippen molar-refractivity contribution in [2.45, 2.75) is 220 Å². The van der Waals surface area contributed by atoms with Crippen LogP contribution >= 0.6 is 89.8 Å². The minimum Gasteiger partial charge on any atom is -0.335 e. The number of halogens is 7. The molecular formula is C110H111B2F4I3N6S2. The van der Waals surface area contributed by atoms with Crippen LogP contribution in [0.25, 0.3) is 20.2 Å². The topological polar surface area (TPSA) is 19.4 Å². The number of nitrogens with zero attached hydrogens (tertiary/aromatic N) is 6. The first-order valence-corrected chi connectivity index (χ1v) is 50.3. The lowest BCUT2D eigenvalue weighted by molar-refractivity contribution is 0.195. The Kier molecular flexibility index (Phi) is 23.2. The summed E-state index contributed by atoms with van der Waals surface area (Å²) in [6.45, 7) is 41.5. The highest BCUT2D eigenvalue weighted by Crippen LogP contribution is 2.68. The average Bonchev–Trinajstić information content (AvgIpc) is 1.49. The molecule has 0 radical (unpaired) electrons. The second kappa shape index (κ2) is 33.0. The Hall–Kier alpha value is -8.60. The van der Waals surface area contributed by atoms with E-state index in [1.807, 2.05) is 45.4 Å². The smallest absolute Gasteiger partial charge is 0.335 e. The van der Waals surface area contributed by atoms with E-state index in [1.165, 1.54) is 116 Å². The van der Waals surface area contributed by atoms with Crippen molar-refractivity contribution in [1.29, 1.82) is 0 Å². The summed E-state index contributed by atoms with van der Waals surface area (Å²) < 4.78 is 69.3. The van der Waals surface area contributed by atoms with Gasteiger partial charge in [0.15, 0.2) is 0 Å². The number of hydrogen-bond acceptors (Lipinski definition) is 8. The molecule has 0 amide bonds. The zero-order valence-electron chi connectivity index (χ0n) is 76.1. The fourth-order valence-electron chi connectivity index (χ4n) is 21.9. The van der Waals surface area contributed by atoms with Crippen molar-refractivity contribution in [2.24, 2.45) is 0 Å². The fourth-order valence-corrected chi connectivity index (χ4v) is 24.1. The molecule has 6 aliphatic rings. The van der Waals surface area contributed by atoms with Crippen LogP contribution in [0.3, 0.4) is 0 Å². The van der Waals surface area contributed by atoms with Crippen LogP contribution < -0.4 is 45.1 Å². The van der Waals surface area contributed by atoms with E-state index in [4.69, 9.17) is 0 Å². The van der Waals surface area contributed by atoms with Gasteiger partial charge in [0, 0.05) is 97.8 Å². The average molecular weight is 2060 g/mol. The molecular weight excluding hydrogens is 1950 g/mol. The van der Waals surface area contributed by atoms with E-state index >= 15 is 17.6 Å². The van der Waals surface area contributed by atoms with Gasteiger partial charge in [0.1, 0.15) is 23.3 Å². The number of benzene rings is 12. The van der Waals surface area contributed by atoms with Gasteiger partial charge in [-0.2, -0.15) is 0 Å². The molecule has 2 fully saturated rings. The number of para-hydroxylation sites is 4. The maximum absolute atomic E-state index is 16.3. The second-order valence-corrected chi connectivity index (χ2v) is 53.8. The highest BCUT2D eigenvalue weighted by atomic mass is 127. The van der Waals surface area contributed by atoms with Crippen molar-refractivity contribution in [3.8, 4) is 0 Å². The van der Waals surface area contributed by atoms with Crippen LogP contribution in [0.2, 0.25) is 0 Å². The van der Waals surface area contributed by atoms with Crippen LogP contribution in [0.1, 0.15) is 207 Å². The SMILES string of the molecule is Cc1cc(N(c2ccc(C(C)(C)C)cc2)c2csc3ccc(C(C)(C)C)cc23)cc(N2c3cccc(N(c4ccccc4F)c4ccccc4F)c3C3(C)CCCCC23C)c1.Cc1cc2c3c(c1)N1c4c(ccc(N(c5ccccc5F)c5ccccc5F)c4C4(C)CCCCC14C)B3c1sc3ccc(C(C)(C)C)cc3c1N2c1ccc(C(C)(C)C)cc1.IB(I)I. The monoisotopic (exact) mass is 2060 g/mol. The summed E-state index contributed by atoms with van der Waals surface area (Å²) in [5.74, 6) is -1.57. The zero-order valence-corrected chi connectivity index (χ0v) is 84.2. The largest absolute Gasteiger partial charge is 0.355 e. The van der Waals surface area contributed by atoms with Gasteiger partial charge in [0.2, 0.25) is 0 Å². The Morgan fingerprint density at radius 1 is 0.378 bits per heavy atom. The van der Waals surface area contributed by atoms with Crippen molar-refractivity contribution in [1.82, 2.24) is 0 Å². The third-order valence-corrected chi connectivity index (χ3v) is 31.0. The Morgan fingerprint density at radius 2 is 0.819 bits per heavy atom. The summed E-state index contributed by atoms with van der Waals surface area (Å²) in [7, 11) is 0. The molecule has 127 heavy (non-hydrogen) atoms. The Bertz CT molecular complexity index is 6550. The molecule has 12 aromatic carbocycles. The molecule has 0 spiro atoms. The van der Waals surface area contributed by atoms with Gasteiger partial charge in [-0.1, -0.05) is 220 Å². The molecule has 2 aliphatic carbocycles. The molecule has 648 valence electrons. The molecule has 0 saturated heterocycles. The van der Waals surface area contributed by atoms with Crippen LogP contribution in [0.4, 0.5) is 109 Å². The van der Waals surface area contributed by atoms with Crippen LogP contribution in [-0.2, 0) is 32.5 Å². The van der Waals surface area contributed by atoms with E-state index in [1.54, 1.807) is 59.9 Å². The van der Waals surface area contributed by atoms with Crippen LogP contribution in [0, 0.1) is 37.1 Å². The molecule has 4 unspecified atom stereocenters. The number of fused-ring (bicyclic) bond motifs is 13. The van der Waals surface area contributed by atoms with E-state index < -0.39 is 11.6 Å². The molecule has 20 rings (SSSR count). The van der Waals surface area contributed by atoms with Gasteiger partial charge in [-0.05, 0) is 265 Å². The Labute approximate surface area is 798 Å². The Balaban J connectivity index is 0.000000165. The lowest BCUT2D eigenvalue weighted by Gasteiger charge is -2.52. The number of rotatable bonds is 11. The number of thiophene rings is 2. The molecule has 0 bridgehead atoms. The molecule has 4 atom stereocenters. The van der Waals surface area contributed by atoms with Crippen molar-refractivity contribution in [2.75, 3.05) is 29.4 Å².